The third kappa shape index (κ3) is 5.11. The number of aromatic nitrogens is 1. The molecular formula is C23H26N2O5. The summed E-state index contributed by atoms with van der Waals surface area (Å²) in [6, 6.07) is 12.6. The molecule has 3 rings (SSSR count). The zero-order valence-corrected chi connectivity index (χ0v) is 17.6. The Morgan fingerprint density at radius 1 is 1.13 bits per heavy atom. The van der Waals surface area contributed by atoms with Gasteiger partial charge in [0.05, 0.1) is 37.6 Å². The SMILES string of the molecule is CCOc1ccccc1C(=O)NCc1coc(-c2ccc(OC)c(OC(C)C)c2)n1. The minimum atomic E-state index is -0.235. The fourth-order valence-corrected chi connectivity index (χ4v) is 2.88. The molecule has 0 radical (unpaired) electrons. The predicted octanol–water partition coefficient (Wildman–Crippen LogP) is 4.47. The van der Waals surface area contributed by atoms with Crippen molar-refractivity contribution in [3.63, 3.8) is 0 Å². The van der Waals surface area contributed by atoms with Crippen LogP contribution < -0.4 is 19.5 Å². The van der Waals surface area contributed by atoms with Crippen LogP contribution in [0.1, 0.15) is 36.8 Å². The first-order chi connectivity index (χ1) is 14.5. The van der Waals surface area contributed by atoms with Crippen LogP contribution in [0.4, 0.5) is 0 Å². The van der Waals surface area contributed by atoms with Crippen molar-refractivity contribution in [1.29, 1.82) is 0 Å². The van der Waals surface area contributed by atoms with Crippen molar-refractivity contribution in [2.45, 2.75) is 33.4 Å². The summed E-state index contributed by atoms with van der Waals surface area (Å²) in [5, 5.41) is 2.85. The number of hydrogen-bond donors (Lipinski definition) is 1. The van der Waals surface area contributed by atoms with E-state index in [-0.39, 0.29) is 18.6 Å². The van der Waals surface area contributed by atoms with Gasteiger partial charge in [0.15, 0.2) is 11.5 Å². The number of hydrogen-bond acceptors (Lipinski definition) is 6. The third-order valence-electron chi connectivity index (χ3n) is 4.19. The average Bonchev–Trinajstić information content (AvgIpc) is 3.21. The molecule has 0 atom stereocenters. The van der Waals surface area contributed by atoms with Crippen molar-refractivity contribution in [1.82, 2.24) is 10.3 Å². The molecule has 0 aliphatic heterocycles. The summed E-state index contributed by atoms with van der Waals surface area (Å²) < 4.78 is 22.3. The lowest BCUT2D eigenvalue weighted by molar-refractivity contribution is 0.0946. The molecule has 158 valence electrons. The quantitative estimate of drug-likeness (QED) is 0.561. The molecule has 0 aliphatic rings. The fraction of sp³-hybridized carbons (Fsp3) is 0.304. The topological polar surface area (TPSA) is 82.8 Å². The maximum atomic E-state index is 12.5. The van der Waals surface area contributed by atoms with E-state index in [0.29, 0.717) is 41.0 Å². The van der Waals surface area contributed by atoms with Gasteiger partial charge >= 0.3 is 0 Å². The number of rotatable bonds is 9. The number of oxazole rings is 1. The highest BCUT2D eigenvalue weighted by Crippen LogP contribution is 2.33. The van der Waals surface area contributed by atoms with Crippen LogP contribution in [0, 0.1) is 0 Å². The normalized spacial score (nSPS) is 10.7. The second-order valence-electron chi connectivity index (χ2n) is 6.79. The van der Waals surface area contributed by atoms with Crippen LogP contribution in [0.15, 0.2) is 53.1 Å². The van der Waals surface area contributed by atoms with Crippen LogP contribution in [-0.2, 0) is 6.54 Å². The lowest BCUT2D eigenvalue weighted by atomic mass is 10.2. The van der Waals surface area contributed by atoms with E-state index < -0.39 is 0 Å². The molecule has 2 aromatic carbocycles. The molecule has 0 bridgehead atoms. The summed E-state index contributed by atoms with van der Waals surface area (Å²) in [7, 11) is 1.60. The molecule has 7 heteroatoms. The molecule has 0 aliphatic carbocycles. The van der Waals surface area contributed by atoms with E-state index in [4.69, 9.17) is 18.6 Å². The maximum absolute atomic E-state index is 12.5. The Hall–Kier alpha value is -3.48. The Morgan fingerprint density at radius 3 is 2.67 bits per heavy atom. The van der Waals surface area contributed by atoms with Crippen LogP contribution in [0.5, 0.6) is 17.2 Å². The van der Waals surface area contributed by atoms with E-state index in [1.165, 1.54) is 6.26 Å². The standard InChI is InChI=1S/C23H26N2O5/c1-5-28-19-9-7-6-8-18(19)22(26)24-13-17-14-29-23(25-17)16-10-11-20(27-4)21(12-16)30-15(2)3/h6-12,14-15H,5,13H2,1-4H3,(H,24,26). The molecule has 0 fully saturated rings. The molecule has 0 saturated heterocycles. The average molecular weight is 410 g/mol. The molecule has 1 N–H and O–H groups in total. The Kier molecular flexibility index (Phi) is 6.95. The van der Waals surface area contributed by atoms with Crippen LogP contribution in [-0.4, -0.2) is 30.7 Å². The van der Waals surface area contributed by atoms with E-state index in [1.54, 1.807) is 25.3 Å². The van der Waals surface area contributed by atoms with Crippen molar-refractivity contribution in [3.05, 3.63) is 60.0 Å². The number of ether oxygens (including phenoxy) is 3. The number of carbonyl (C=O) groups excluding carboxylic acids is 1. The number of nitrogens with zero attached hydrogens (tertiary/aromatic N) is 1. The van der Waals surface area contributed by atoms with Crippen molar-refractivity contribution < 1.29 is 23.4 Å². The third-order valence-corrected chi connectivity index (χ3v) is 4.19. The monoisotopic (exact) mass is 410 g/mol. The fourth-order valence-electron chi connectivity index (χ4n) is 2.88. The zero-order valence-electron chi connectivity index (χ0n) is 17.6. The Balaban J connectivity index is 1.71. The molecule has 3 aromatic rings. The van der Waals surface area contributed by atoms with Gasteiger partial charge in [-0.2, -0.15) is 0 Å². The van der Waals surface area contributed by atoms with Crippen LogP contribution in [0.3, 0.4) is 0 Å². The van der Waals surface area contributed by atoms with Gasteiger partial charge in [0.25, 0.3) is 5.91 Å². The minimum Gasteiger partial charge on any atom is -0.493 e. The number of methoxy groups -OCH3 is 1. The number of nitrogens with one attached hydrogen (secondary N) is 1. The Morgan fingerprint density at radius 2 is 1.93 bits per heavy atom. The van der Waals surface area contributed by atoms with Gasteiger partial charge in [-0.15, -0.1) is 0 Å². The molecule has 1 heterocycles. The number of benzene rings is 2. The lowest BCUT2D eigenvalue weighted by Crippen LogP contribution is -2.23. The van der Waals surface area contributed by atoms with E-state index in [2.05, 4.69) is 10.3 Å². The van der Waals surface area contributed by atoms with E-state index in [0.717, 1.165) is 5.56 Å². The first kappa shape index (κ1) is 21.2. The highest BCUT2D eigenvalue weighted by Gasteiger charge is 2.15. The number of amides is 1. The van der Waals surface area contributed by atoms with Crippen molar-refractivity contribution in [3.8, 4) is 28.7 Å². The second kappa shape index (κ2) is 9.82. The van der Waals surface area contributed by atoms with E-state index in [9.17, 15) is 4.79 Å². The lowest BCUT2D eigenvalue weighted by Gasteiger charge is -2.14. The summed E-state index contributed by atoms with van der Waals surface area (Å²) in [4.78, 5) is 17.0. The van der Waals surface area contributed by atoms with Gasteiger partial charge in [0.1, 0.15) is 12.0 Å². The summed E-state index contributed by atoms with van der Waals surface area (Å²) in [6.07, 6.45) is 1.53. The predicted molar refractivity (Wildman–Crippen MR) is 113 cm³/mol. The van der Waals surface area contributed by atoms with Crippen molar-refractivity contribution in [2.75, 3.05) is 13.7 Å². The Labute approximate surface area is 176 Å². The van der Waals surface area contributed by atoms with Crippen molar-refractivity contribution in [2.24, 2.45) is 0 Å². The largest absolute Gasteiger partial charge is 0.493 e. The van der Waals surface area contributed by atoms with Crippen LogP contribution in [0.2, 0.25) is 0 Å². The summed E-state index contributed by atoms with van der Waals surface area (Å²) in [5.41, 5.74) is 1.84. The highest BCUT2D eigenvalue weighted by molar-refractivity contribution is 5.96. The first-order valence-corrected chi connectivity index (χ1v) is 9.81. The smallest absolute Gasteiger partial charge is 0.255 e. The number of para-hydroxylation sites is 1. The zero-order chi connectivity index (χ0) is 21.5. The van der Waals surface area contributed by atoms with Gasteiger partial charge in [-0.05, 0) is 51.1 Å². The second-order valence-corrected chi connectivity index (χ2v) is 6.79. The van der Waals surface area contributed by atoms with Gasteiger partial charge in [-0.3, -0.25) is 4.79 Å². The van der Waals surface area contributed by atoms with Gasteiger partial charge in [0, 0.05) is 5.56 Å². The summed E-state index contributed by atoms with van der Waals surface area (Å²) in [6.45, 7) is 6.49. The Bertz CT molecular complexity index is 997. The van der Waals surface area contributed by atoms with Crippen LogP contribution >= 0.6 is 0 Å². The summed E-state index contributed by atoms with van der Waals surface area (Å²) >= 11 is 0. The molecular weight excluding hydrogens is 384 g/mol. The van der Waals surface area contributed by atoms with E-state index in [1.807, 2.05) is 45.0 Å². The van der Waals surface area contributed by atoms with Gasteiger partial charge in [-0.25, -0.2) is 4.98 Å². The minimum absolute atomic E-state index is 0.00375. The maximum Gasteiger partial charge on any atom is 0.255 e. The first-order valence-electron chi connectivity index (χ1n) is 9.81. The molecule has 30 heavy (non-hydrogen) atoms. The highest BCUT2D eigenvalue weighted by atomic mass is 16.5. The molecule has 0 saturated carbocycles. The molecule has 0 spiro atoms. The van der Waals surface area contributed by atoms with Gasteiger partial charge < -0.3 is 23.9 Å². The molecule has 1 aromatic heterocycles. The van der Waals surface area contributed by atoms with E-state index >= 15 is 0 Å². The van der Waals surface area contributed by atoms with Crippen LogP contribution in [0.25, 0.3) is 11.5 Å². The van der Waals surface area contributed by atoms with Gasteiger partial charge in [-0.1, -0.05) is 12.1 Å². The molecule has 7 nitrogen and oxygen atoms in total. The molecule has 1 amide bonds. The van der Waals surface area contributed by atoms with Gasteiger partial charge in [0.2, 0.25) is 5.89 Å². The number of carbonyl (C=O) groups is 1. The molecule has 0 unspecified atom stereocenters. The summed E-state index contributed by atoms with van der Waals surface area (Å²) in [5.74, 6) is 2.00. The van der Waals surface area contributed by atoms with Crippen molar-refractivity contribution >= 4 is 5.91 Å².